The predicted molar refractivity (Wildman–Crippen MR) is 63.1 cm³/mol. The molecule has 88 valence electrons. The van der Waals surface area contributed by atoms with E-state index in [-0.39, 0.29) is 24.9 Å². The highest BCUT2D eigenvalue weighted by Crippen LogP contribution is 2.30. The number of carboxylic acids is 1. The van der Waals surface area contributed by atoms with Gasteiger partial charge in [0.15, 0.2) is 0 Å². The third kappa shape index (κ3) is 2.79. The van der Waals surface area contributed by atoms with E-state index in [1.54, 1.807) is 12.1 Å². The number of hydrogen-bond donors (Lipinski definition) is 2. The summed E-state index contributed by atoms with van der Waals surface area (Å²) in [6.07, 6.45) is 1.42. The maximum absolute atomic E-state index is 10.5. The van der Waals surface area contributed by atoms with E-state index in [1.807, 2.05) is 6.07 Å². The molecular weight excluding hydrogens is 230 g/mol. The van der Waals surface area contributed by atoms with Gasteiger partial charge < -0.3 is 15.6 Å². The summed E-state index contributed by atoms with van der Waals surface area (Å²) in [5.41, 5.74) is 7.43. The molecule has 1 heterocycles. The van der Waals surface area contributed by atoms with Gasteiger partial charge in [-0.2, -0.15) is 0 Å². The maximum atomic E-state index is 10.5. The molecule has 1 aromatic rings. The summed E-state index contributed by atoms with van der Waals surface area (Å²) in [7, 11) is 0. The van der Waals surface area contributed by atoms with Gasteiger partial charge in [0.1, 0.15) is 11.9 Å². The van der Waals surface area contributed by atoms with Crippen molar-refractivity contribution in [2.24, 2.45) is 0 Å². The largest absolute Gasteiger partial charge is 0.490 e. The fourth-order valence-electron chi connectivity index (χ4n) is 1.80. The predicted octanol–water partition coefficient (Wildman–Crippen LogP) is 1.86. The van der Waals surface area contributed by atoms with Crippen LogP contribution < -0.4 is 10.5 Å². The zero-order valence-corrected chi connectivity index (χ0v) is 9.50. The number of ether oxygens (including phenoxy) is 1. The number of carboxylic acid groups (broad SMARTS) is 1. The number of anilines is 1. The zero-order valence-electron chi connectivity index (χ0n) is 8.68. The number of nitrogen functional groups attached to an aromatic ring is 1. The molecule has 3 N–H and O–H groups in total. The number of halogens is 1. The fourth-order valence-corrected chi connectivity index (χ4v) is 1.80. The number of aliphatic carboxylic acids is 1. The first kappa shape index (κ1) is 12.6. The van der Waals surface area contributed by atoms with Crippen molar-refractivity contribution in [1.82, 2.24) is 0 Å². The van der Waals surface area contributed by atoms with Crippen molar-refractivity contribution in [3.05, 3.63) is 23.8 Å². The van der Waals surface area contributed by atoms with Crippen LogP contribution in [0.25, 0.3) is 0 Å². The molecule has 1 aromatic carbocycles. The Morgan fingerprint density at radius 1 is 1.56 bits per heavy atom. The van der Waals surface area contributed by atoms with Crippen molar-refractivity contribution in [3.63, 3.8) is 0 Å². The number of nitrogens with two attached hydrogens (primary N) is 1. The normalized spacial score (nSPS) is 17.9. The van der Waals surface area contributed by atoms with Gasteiger partial charge >= 0.3 is 5.97 Å². The van der Waals surface area contributed by atoms with Crippen LogP contribution in [0.4, 0.5) is 5.69 Å². The van der Waals surface area contributed by atoms with Gasteiger partial charge in [-0.05, 0) is 36.6 Å². The summed E-state index contributed by atoms with van der Waals surface area (Å²) < 4.78 is 5.56. The number of fused-ring (bicyclic) bond motifs is 1. The van der Waals surface area contributed by atoms with Gasteiger partial charge in [0.05, 0.1) is 6.42 Å². The Morgan fingerprint density at radius 3 is 3.00 bits per heavy atom. The standard InChI is InChI=1S/C11H13NO3.ClH/c12-8-2-4-10-7(5-8)1-3-9(15-10)6-11(13)14;/h2,4-5,9H,1,3,6,12H2,(H,13,14);1H. The van der Waals surface area contributed by atoms with Crippen LogP contribution in [-0.4, -0.2) is 17.2 Å². The van der Waals surface area contributed by atoms with Crippen LogP contribution in [0, 0.1) is 0 Å². The first-order valence-corrected chi connectivity index (χ1v) is 4.92. The van der Waals surface area contributed by atoms with Crippen molar-refractivity contribution in [1.29, 1.82) is 0 Å². The van der Waals surface area contributed by atoms with Gasteiger partial charge in [-0.3, -0.25) is 4.79 Å². The lowest BCUT2D eigenvalue weighted by atomic mass is 10.00. The molecule has 1 aliphatic rings. The van der Waals surface area contributed by atoms with E-state index in [4.69, 9.17) is 15.6 Å². The second kappa shape index (κ2) is 5.07. The first-order valence-electron chi connectivity index (χ1n) is 4.92. The van der Waals surface area contributed by atoms with Crippen molar-refractivity contribution in [2.75, 3.05) is 5.73 Å². The Kier molecular flexibility index (Phi) is 4.01. The highest BCUT2D eigenvalue weighted by atomic mass is 35.5. The van der Waals surface area contributed by atoms with E-state index in [0.29, 0.717) is 5.69 Å². The van der Waals surface area contributed by atoms with E-state index in [0.717, 1.165) is 24.2 Å². The minimum Gasteiger partial charge on any atom is -0.490 e. The number of carbonyl (C=O) groups is 1. The topological polar surface area (TPSA) is 72.6 Å². The van der Waals surface area contributed by atoms with Gasteiger partial charge in [0.2, 0.25) is 0 Å². The third-order valence-electron chi connectivity index (χ3n) is 2.52. The number of hydrogen-bond acceptors (Lipinski definition) is 3. The summed E-state index contributed by atoms with van der Waals surface area (Å²) in [6.45, 7) is 0. The number of rotatable bonds is 2. The molecule has 0 spiro atoms. The lowest BCUT2D eigenvalue weighted by Gasteiger charge is -2.25. The molecule has 0 aromatic heterocycles. The smallest absolute Gasteiger partial charge is 0.307 e. The lowest BCUT2D eigenvalue weighted by molar-refractivity contribution is -0.139. The molecule has 1 atom stereocenters. The van der Waals surface area contributed by atoms with Crippen LogP contribution in [-0.2, 0) is 11.2 Å². The van der Waals surface area contributed by atoms with Crippen LogP contribution in [0.1, 0.15) is 18.4 Å². The van der Waals surface area contributed by atoms with Crippen molar-refractivity contribution in [3.8, 4) is 5.75 Å². The average molecular weight is 244 g/mol. The fraction of sp³-hybridized carbons (Fsp3) is 0.364. The minimum absolute atomic E-state index is 0. The van der Waals surface area contributed by atoms with Crippen LogP contribution in [0.2, 0.25) is 0 Å². The van der Waals surface area contributed by atoms with Crippen molar-refractivity contribution >= 4 is 24.1 Å². The molecule has 0 aliphatic carbocycles. The van der Waals surface area contributed by atoms with Gasteiger partial charge in [0, 0.05) is 5.69 Å². The molecule has 0 radical (unpaired) electrons. The van der Waals surface area contributed by atoms with E-state index in [2.05, 4.69) is 0 Å². The highest BCUT2D eigenvalue weighted by molar-refractivity contribution is 5.85. The van der Waals surface area contributed by atoms with Gasteiger partial charge in [-0.25, -0.2) is 0 Å². The molecule has 0 amide bonds. The van der Waals surface area contributed by atoms with Gasteiger partial charge in [0.25, 0.3) is 0 Å². The van der Waals surface area contributed by atoms with Crippen LogP contribution in [0.3, 0.4) is 0 Å². The molecule has 0 fully saturated rings. The summed E-state index contributed by atoms with van der Waals surface area (Å²) in [5.74, 6) is -0.0550. The second-order valence-electron chi connectivity index (χ2n) is 3.74. The molecule has 2 rings (SSSR count). The zero-order chi connectivity index (χ0) is 10.8. The molecule has 4 nitrogen and oxygen atoms in total. The molecule has 1 unspecified atom stereocenters. The van der Waals surface area contributed by atoms with Crippen LogP contribution in [0.5, 0.6) is 5.75 Å². The third-order valence-corrected chi connectivity index (χ3v) is 2.52. The summed E-state index contributed by atoms with van der Waals surface area (Å²) >= 11 is 0. The Labute approximate surface area is 99.8 Å². The summed E-state index contributed by atoms with van der Waals surface area (Å²) in [4.78, 5) is 10.5. The average Bonchev–Trinajstić information content (AvgIpc) is 2.17. The molecule has 1 aliphatic heterocycles. The second-order valence-corrected chi connectivity index (χ2v) is 3.74. The van der Waals surface area contributed by atoms with Crippen LogP contribution >= 0.6 is 12.4 Å². The van der Waals surface area contributed by atoms with E-state index < -0.39 is 5.97 Å². The monoisotopic (exact) mass is 243 g/mol. The van der Waals surface area contributed by atoms with Crippen LogP contribution in [0.15, 0.2) is 18.2 Å². The Morgan fingerprint density at radius 2 is 2.31 bits per heavy atom. The van der Waals surface area contributed by atoms with Crippen molar-refractivity contribution < 1.29 is 14.6 Å². The maximum Gasteiger partial charge on any atom is 0.307 e. The number of benzene rings is 1. The SMILES string of the molecule is Cl.Nc1ccc2c(c1)CCC(CC(=O)O)O2. The van der Waals surface area contributed by atoms with E-state index in [1.165, 1.54) is 0 Å². The minimum atomic E-state index is -0.820. The van der Waals surface area contributed by atoms with E-state index in [9.17, 15) is 4.79 Å². The van der Waals surface area contributed by atoms with Gasteiger partial charge in [-0.1, -0.05) is 0 Å². The van der Waals surface area contributed by atoms with E-state index >= 15 is 0 Å². The summed E-state index contributed by atoms with van der Waals surface area (Å²) in [6, 6.07) is 5.45. The Balaban J connectivity index is 0.00000128. The molecular formula is C11H14ClNO3. The summed E-state index contributed by atoms with van der Waals surface area (Å²) in [5, 5.41) is 8.66. The highest BCUT2D eigenvalue weighted by Gasteiger charge is 2.21. The Bertz CT molecular complexity index is 395. The first-order chi connectivity index (χ1) is 7.15. The Hall–Kier alpha value is -1.42. The molecule has 5 heteroatoms. The number of aryl methyl sites for hydroxylation is 1. The molecule has 0 saturated carbocycles. The van der Waals surface area contributed by atoms with Gasteiger partial charge in [-0.15, -0.1) is 12.4 Å². The molecule has 0 saturated heterocycles. The quantitative estimate of drug-likeness (QED) is 0.778. The lowest BCUT2D eigenvalue weighted by Crippen LogP contribution is -2.25. The molecule has 16 heavy (non-hydrogen) atoms. The van der Waals surface area contributed by atoms with Crippen molar-refractivity contribution in [2.45, 2.75) is 25.4 Å². The molecule has 0 bridgehead atoms.